The molecule has 0 unspecified atom stereocenters. The van der Waals surface area contributed by atoms with Crippen molar-refractivity contribution < 1.29 is 13.2 Å². The molecule has 1 saturated heterocycles. The smallest absolute Gasteiger partial charge is 0.152 e. The van der Waals surface area contributed by atoms with Crippen LogP contribution in [0.3, 0.4) is 0 Å². The minimum Gasteiger partial charge on any atom is -0.463 e. The Morgan fingerprint density at radius 3 is 2.57 bits per heavy atom. The van der Waals surface area contributed by atoms with Crippen LogP contribution in [0.25, 0.3) is 0 Å². The zero-order valence-electron chi connectivity index (χ0n) is 16.9. The molecule has 30 heavy (non-hydrogen) atoms. The quantitative estimate of drug-likeness (QED) is 0.130. The molecule has 0 amide bonds. The van der Waals surface area contributed by atoms with Crippen molar-refractivity contribution in [2.45, 2.75) is 12.8 Å². The van der Waals surface area contributed by atoms with Crippen LogP contribution < -0.4 is 11.6 Å². The van der Waals surface area contributed by atoms with Gasteiger partial charge < -0.3 is 20.9 Å². The summed E-state index contributed by atoms with van der Waals surface area (Å²) in [4.78, 5) is 2.05. The van der Waals surface area contributed by atoms with Gasteiger partial charge in [0.1, 0.15) is 5.76 Å². The van der Waals surface area contributed by atoms with Crippen LogP contribution in [0, 0.1) is 11.3 Å². The number of rotatable bonds is 11. The number of allylic oxidation sites excluding steroid dienone is 4. The predicted molar refractivity (Wildman–Crippen MR) is 124 cm³/mol. The summed E-state index contributed by atoms with van der Waals surface area (Å²) in [6, 6.07) is 0. The summed E-state index contributed by atoms with van der Waals surface area (Å²) in [5, 5.41) is 8.88. The molecule has 1 aliphatic heterocycles. The summed E-state index contributed by atoms with van der Waals surface area (Å²) in [5.41, 5.74) is 6.43. The van der Waals surface area contributed by atoms with Crippen LogP contribution in [0.15, 0.2) is 58.8 Å². The average Bonchev–Trinajstić information content (AvgIpc) is 3.53. The molecule has 2 aliphatic rings. The predicted octanol–water partition coefficient (Wildman–Crippen LogP) is 2.00. The molecule has 0 aromatic rings. The monoisotopic (exact) mass is 499 g/mol. The number of ether oxygens (including phenoxy) is 1. The molecule has 0 bridgehead atoms. The van der Waals surface area contributed by atoms with Crippen LogP contribution in [0.4, 0.5) is 0 Å². The van der Waals surface area contributed by atoms with E-state index in [2.05, 4.69) is 15.9 Å². The molecule has 0 radical (unpaired) electrons. The average molecular weight is 500 g/mol. The van der Waals surface area contributed by atoms with Gasteiger partial charge in [-0.2, -0.15) is 0 Å². The maximum Gasteiger partial charge on any atom is 0.152 e. The molecule has 1 aliphatic carbocycles. The first-order chi connectivity index (χ1) is 14.3. The van der Waals surface area contributed by atoms with E-state index >= 15 is 0 Å². The van der Waals surface area contributed by atoms with Gasteiger partial charge in [0.2, 0.25) is 0 Å². The van der Waals surface area contributed by atoms with Crippen LogP contribution >= 0.6 is 15.9 Å². The normalized spacial score (nSPS) is 21.3. The van der Waals surface area contributed by atoms with Crippen molar-refractivity contribution in [2.75, 3.05) is 37.7 Å². The first-order valence-corrected chi connectivity index (χ1v) is 12.4. The molecule has 10 heteroatoms. The lowest BCUT2D eigenvalue weighted by Gasteiger charge is -2.26. The van der Waals surface area contributed by atoms with Gasteiger partial charge >= 0.3 is 0 Å². The van der Waals surface area contributed by atoms with E-state index in [0.29, 0.717) is 35.8 Å². The second-order valence-electron chi connectivity index (χ2n) is 7.29. The molecule has 5 N–H and O–H groups in total. The molecule has 0 spiro atoms. The molecular weight excluding hydrogens is 470 g/mol. The third-order valence-corrected chi connectivity index (χ3v) is 6.92. The Morgan fingerprint density at radius 2 is 1.97 bits per heavy atom. The Morgan fingerprint density at radius 1 is 1.27 bits per heavy atom. The van der Waals surface area contributed by atoms with Gasteiger partial charge in [0.25, 0.3) is 0 Å². The second-order valence-corrected chi connectivity index (χ2v) is 10.4. The Bertz CT molecular complexity index is 831. The molecular formula is C20H30BrN5O3S. The van der Waals surface area contributed by atoms with Gasteiger partial charge in [0, 0.05) is 50.4 Å². The second kappa shape index (κ2) is 12.1. The fourth-order valence-corrected chi connectivity index (χ4v) is 4.27. The molecule has 166 valence electrons. The molecule has 0 aromatic carbocycles. The Kier molecular flexibility index (Phi) is 9.83. The molecule has 1 saturated carbocycles. The van der Waals surface area contributed by atoms with Crippen LogP contribution in [-0.2, 0) is 14.6 Å². The fraction of sp³-hybridized carbons (Fsp3) is 0.450. The van der Waals surface area contributed by atoms with E-state index in [4.69, 9.17) is 21.7 Å². The van der Waals surface area contributed by atoms with Crippen LogP contribution in [0.1, 0.15) is 12.8 Å². The van der Waals surface area contributed by atoms with E-state index in [1.54, 1.807) is 41.8 Å². The summed E-state index contributed by atoms with van der Waals surface area (Å²) in [6.07, 6.45) is 15.3. The highest BCUT2D eigenvalue weighted by Crippen LogP contribution is 2.29. The standard InChI is InChI=1S/C20H30BrN5O3S/c21-19(13-23)20(4-2-8-26(24)15-17-5-6-17)29-16-18(3-1-7-22)14-25-9-11-30(27,28)12-10-25/h1-4,7-8,13,16-17,22H,5-6,9-12,14-15,23-24H2/b3-1-,8-2+,18-16-,19-13-,20-4+,22-7?. The number of hydrogen-bond donors (Lipinski definition) is 3. The maximum absolute atomic E-state index is 11.6. The first kappa shape index (κ1) is 24.4. The minimum atomic E-state index is -2.94. The Hall–Kier alpha value is -1.88. The molecule has 2 fully saturated rings. The third kappa shape index (κ3) is 9.29. The summed E-state index contributed by atoms with van der Waals surface area (Å²) < 4.78 is 29.7. The van der Waals surface area contributed by atoms with Crippen LogP contribution in [-0.4, -0.2) is 62.2 Å². The number of hydrazine groups is 1. The van der Waals surface area contributed by atoms with Crippen molar-refractivity contribution in [3.8, 4) is 0 Å². The zero-order valence-corrected chi connectivity index (χ0v) is 19.3. The van der Waals surface area contributed by atoms with E-state index < -0.39 is 9.84 Å². The van der Waals surface area contributed by atoms with E-state index in [1.165, 1.54) is 25.3 Å². The zero-order chi connectivity index (χ0) is 22.0. The number of halogens is 1. The van der Waals surface area contributed by atoms with Gasteiger partial charge in [0.15, 0.2) is 9.84 Å². The summed E-state index contributed by atoms with van der Waals surface area (Å²) >= 11 is 3.38. The highest BCUT2D eigenvalue weighted by atomic mass is 79.9. The largest absolute Gasteiger partial charge is 0.463 e. The van der Waals surface area contributed by atoms with Gasteiger partial charge in [-0.1, -0.05) is 6.08 Å². The van der Waals surface area contributed by atoms with E-state index in [1.807, 2.05) is 4.90 Å². The van der Waals surface area contributed by atoms with E-state index in [0.717, 1.165) is 12.1 Å². The van der Waals surface area contributed by atoms with E-state index in [9.17, 15) is 8.42 Å². The topological polar surface area (TPSA) is 126 Å². The van der Waals surface area contributed by atoms with Crippen LogP contribution in [0.2, 0.25) is 0 Å². The SMILES string of the molecule is N=C/C=C\C(=C\OC(=C/C=C/N(N)CC1CC1)/C(Br)=C/N)CN1CCS(=O)(=O)CC1. The highest BCUT2D eigenvalue weighted by molar-refractivity contribution is 9.11. The number of hydrogen-bond acceptors (Lipinski definition) is 8. The minimum absolute atomic E-state index is 0.156. The molecule has 0 atom stereocenters. The number of nitrogens with two attached hydrogens (primary N) is 2. The Labute approximate surface area is 187 Å². The van der Waals surface area contributed by atoms with Gasteiger partial charge in [0.05, 0.1) is 22.3 Å². The molecule has 2 rings (SSSR count). The fourth-order valence-electron chi connectivity index (χ4n) is 2.76. The summed E-state index contributed by atoms with van der Waals surface area (Å²) in [7, 11) is -2.94. The third-order valence-electron chi connectivity index (χ3n) is 4.66. The van der Waals surface area contributed by atoms with Crippen molar-refractivity contribution in [1.82, 2.24) is 9.91 Å². The lowest BCUT2D eigenvalue weighted by Crippen LogP contribution is -2.41. The van der Waals surface area contributed by atoms with Gasteiger partial charge in [-0.25, -0.2) is 14.3 Å². The van der Waals surface area contributed by atoms with Gasteiger partial charge in [-0.3, -0.25) is 4.90 Å². The molecule has 8 nitrogen and oxygen atoms in total. The first-order valence-electron chi connectivity index (χ1n) is 9.76. The van der Waals surface area contributed by atoms with E-state index in [-0.39, 0.29) is 11.5 Å². The van der Waals surface area contributed by atoms with Crippen molar-refractivity contribution in [1.29, 1.82) is 5.41 Å². The molecule has 0 aromatic heterocycles. The Balaban J connectivity index is 2.05. The number of nitrogens with one attached hydrogen (secondary N) is 1. The van der Waals surface area contributed by atoms with Crippen molar-refractivity contribution in [2.24, 2.45) is 17.5 Å². The molecule has 1 heterocycles. The number of sulfone groups is 1. The van der Waals surface area contributed by atoms with Crippen molar-refractivity contribution in [3.05, 3.63) is 58.8 Å². The van der Waals surface area contributed by atoms with Crippen LogP contribution in [0.5, 0.6) is 0 Å². The van der Waals surface area contributed by atoms with Crippen molar-refractivity contribution >= 4 is 32.0 Å². The number of nitrogens with zero attached hydrogens (tertiary/aromatic N) is 2. The van der Waals surface area contributed by atoms with Gasteiger partial charge in [-0.15, -0.1) is 0 Å². The summed E-state index contributed by atoms with van der Waals surface area (Å²) in [6.45, 7) is 2.30. The van der Waals surface area contributed by atoms with Crippen molar-refractivity contribution in [3.63, 3.8) is 0 Å². The lowest BCUT2D eigenvalue weighted by molar-refractivity contribution is 0.311. The highest BCUT2D eigenvalue weighted by Gasteiger charge is 2.22. The summed E-state index contributed by atoms with van der Waals surface area (Å²) in [5.74, 6) is 7.44. The maximum atomic E-state index is 11.6. The lowest BCUT2D eigenvalue weighted by atomic mass is 10.2. The van der Waals surface area contributed by atoms with Gasteiger partial charge in [-0.05, 0) is 52.9 Å².